The second-order valence-corrected chi connectivity index (χ2v) is 10.1. The van der Waals surface area contributed by atoms with Crippen molar-refractivity contribution in [1.82, 2.24) is 9.88 Å². The van der Waals surface area contributed by atoms with E-state index in [-0.39, 0.29) is 5.78 Å². The fourth-order valence-corrected chi connectivity index (χ4v) is 5.89. The van der Waals surface area contributed by atoms with Gasteiger partial charge in [-0.1, -0.05) is 11.6 Å². The quantitative estimate of drug-likeness (QED) is 0.336. The van der Waals surface area contributed by atoms with E-state index in [1.807, 2.05) is 12.1 Å². The third-order valence-electron chi connectivity index (χ3n) is 6.51. The first-order chi connectivity index (χ1) is 17.4. The molecule has 3 heterocycles. The summed E-state index contributed by atoms with van der Waals surface area (Å²) in [7, 11) is 6.88. The first-order valence-corrected chi connectivity index (χ1v) is 12.6. The Balaban J connectivity index is 1.82. The molecule has 5 rings (SSSR count). The zero-order valence-electron chi connectivity index (χ0n) is 20.5. The van der Waals surface area contributed by atoms with Crippen LogP contribution in [-0.2, 0) is 13.0 Å². The monoisotopic (exact) mass is 523 g/mol. The first kappa shape index (κ1) is 24.4. The van der Waals surface area contributed by atoms with Gasteiger partial charge in [0.15, 0.2) is 11.5 Å². The zero-order valence-corrected chi connectivity index (χ0v) is 22.0. The van der Waals surface area contributed by atoms with E-state index in [0.717, 1.165) is 45.6 Å². The number of hydrogen-bond acceptors (Lipinski definition) is 8. The van der Waals surface area contributed by atoms with Crippen LogP contribution in [0.1, 0.15) is 26.5 Å². The predicted molar refractivity (Wildman–Crippen MR) is 144 cm³/mol. The molecule has 0 saturated heterocycles. The first-order valence-electron chi connectivity index (χ1n) is 11.4. The summed E-state index contributed by atoms with van der Waals surface area (Å²) < 4.78 is 16.9. The molecule has 0 bridgehead atoms. The average Bonchev–Trinajstić information content (AvgIpc) is 3.22. The third-order valence-corrected chi connectivity index (χ3v) is 7.86. The van der Waals surface area contributed by atoms with Gasteiger partial charge in [-0.3, -0.25) is 4.79 Å². The number of anilines is 1. The Labute approximate surface area is 218 Å². The largest absolute Gasteiger partial charge is 0.496 e. The number of pyridine rings is 1. The molecule has 7 nitrogen and oxygen atoms in total. The highest BCUT2D eigenvalue weighted by atomic mass is 35.5. The Bertz CT molecular complexity index is 1480. The number of ketones is 1. The Morgan fingerprint density at radius 1 is 1.06 bits per heavy atom. The Kier molecular flexibility index (Phi) is 6.51. The average molecular weight is 524 g/mol. The van der Waals surface area contributed by atoms with Crippen molar-refractivity contribution >= 4 is 44.6 Å². The molecule has 0 unspecified atom stereocenters. The van der Waals surface area contributed by atoms with Crippen LogP contribution in [0.5, 0.6) is 17.2 Å². The van der Waals surface area contributed by atoms with Gasteiger partial charge in [0.25, 0.3) is 0 Å². The van der Waals surface area contributed by atoms with Crippen molar-refractivity contribution in [3.63, 3.8) is 0 Å². The molecule has 0 amide bonds. The number of fused-ring (bicyclic) bond motifs is 2. The summed E-state index contributed by atoms with van der Waals surface area (Å²) in [5.74, 6) is 1.59. The highest BCUT2D eigenvalue weighted by Gasteiger charge is 2.29. The van der Waals surface area contributed by atoms with Crippen LogP contribution in [0.2, 0.25) is 5.02 Å². The highest BCUT2D eigenvalue weighted by Crippen LogP contribution is 2.48. The number of nitrogen functional groups attached to an aromatic ring is 1. The number of benzene rings is 2. The lowest BCUT2D eigenvalue weighted by molar-refractivity contribution is 0.104. The number of ether oxygens (including phenoxy) is 3. The number of halogens is 1. The minimum absolute atomic E-state index is 0.160. The van der Waals surface area contributed by atoms with E-state index in [9.17, 15) is 4.79 Å². The zero-order chi connectivity index (χ0) is 25.6. The van der Waals surface area contributed by atoms with Crippen LogP contribution in [0.15, 0.2) is 36.4 Å². The van der Waals surface area contributed by atoms with E-state index in [1.165, 1.54) is 11.3 Å². The lowest BCUT2D eigenvalue weighted by Crippen LogP contribution is -2.28. The molecular formula is C27H26ClN3O4S. The summed E-state index contributed by atoms with van der Waals surface area (Å²) in [6, 6.07) is 10.5. The fourth-order valence-electron chi connectivity index (χ4n) is 4.68. The summed E-state index contributed by atoms with van der Waals surface area (Å²) in [5.41, 5.74) is 11.5. The number of likely N-dealkylation sites (N-methyl/N-ethyl adjacent to an activating group) is 1. The lowest BCUT2D eigenvalue weighted by Gasteiger charge is -2.27. The summed E-state index contributed by atoms with van der Waals surface area (Å²) in [4.78, 5) is 21.9. The number of carbonyl (C=O) groups is 1. The number of thiophene rings is 1. The van der Waals surface area contributed by atoms with Gasteiger partial charge in [-0.2, -0.15) is 0 Å². The van der Waals surface area contributed by atoms with Gasteiger partial charge < -0.3 is 24.8 Å². The molecule has 0 saturated carbocycles. The topological polar surface area (TPSA) is 86.9 Å². The van der Waals surface area contributed by atoms with Crippen LogP contribution in [0.25, 0.3) is 21.3 Å². The molecule has 2 N–H and O–H groups in total. The maximum atomic E-state index is 13.5. The van der Waals surface area contributed by atoms with Gasteiger partial charge in [-0.15, -0.1) is 11.3 Å². The molecule has 0 radical (unpaired) electrons. The van der Waals surface area contributed by atoms with Crippen LogP contribution < -0.4 is 19.9 Å². The molecule has 1 aliphatic rings. The van der Waals surface area contributed by atoms with Gasteiger partial charge in [-0.25, -0.2) is 4.98 Å². The maximum absolute atomic E-state index is 13.5. The number of carbonyl (C=O) groups excluding carboxylic acids is 1. The Morgan fingerprint density at radius 2 is 1.72 bits per heavy atom. The number of rotatable bonds is 6. The Hall–Kier alpha value is -3.33. The molecule has 4 aromatic rings. The molecule has 2 aromatic heterocycles. The minimum atomic E-state index is -0.160. The van der Waals surface area contributed by atoms with Crippen LogP contribution in [-0.4, -0.2) is 50.6 Å². The molecule has 186 valence electrons. The summed E-state index contributed by atoms with van der Waals surface area (Å²) >= 11 is 7.34. The van der Waals surface area contributed by atoms with Crippen molar-refractivity contribution in [1.29, 1.82) is 0 Å². The second kappa shape index (κ2) is 9.61. The van der Waals surface area contributed by atoms with Crippen molar-refractivity contribution in [2.45, 2.75) is 13.0 Å². The van der Waals surface area contributed by atoms with Crippen LogP contribution in [0.3, 0.4) is 0 Å². The molecular weight excluding hydrogens is 498 g/mol. The molecule has 0 spiro atoms. The van der Waals surface area contributed by atoms with Gasteiger partial charge in [0.2, 0.25) is 5.78 Å². The van der Waals surface area contributed by atoms with Crippen LogP contribution in [0, 0.1) is 0 Å². The third kappa shape index (κ3) is 4.05. The number of aromatic nitrogens is 1. The fraction of sp³-hybridized carbons (Fsp3) is 0.259. The lowest BCUT2D eigenvalue weighted by atomic mass is 9.91. The van der Waals surface area contributed by atoms with Crippen LogP contribution >= 0.6 is 22.9 Å². The van der Waals surface area contributed by atoms with Gasteiger partial charge in [0.05, 0.1) is 27.0 Å². The standard InChI is InChI=1S/C27H26ClN3O4S/c1-31-10-9-18-17(13-31)22(16-11-20(34-3)21(35-4)12-19(16)33-2)23-24(29)26(36-27(23)30-18)25(32)14-5-7-15(28)8-6-14/h5-8,11-12H,9-10,13,29H2,1-4H3. The van der Waals surface area contributed by atoms with E-state index in [2.05, 4.69) is 11.9 Å². The number of nitrogens with zero attached hydrogens (tertiary/aromatic N) is 2. The smallest absolute Gasteiger partial charge is 0.205 e. The van der Waals surface area contributed by atoms with Crippen LogP contribution in [0.4, 0.5) is 5.69 Å². The number of methoxy groups -OCH3 is 3. The van der Waals surface area contributed by atoms with Crippen molar-refractivity contribution in [2.75, 3.05) is 40.7 Å². The molecule has 0 atom stereocenters. The SMILES string of the molecule is COc1cc(OC)c(-c2c3c(nc4sc(C(=O)c5ccc(Cl)cc5)c(N)c24)CCN(C)C3)cc1OC. The summed E-state index contributed by atoms with van der Waals surface area (Å²) in [5, 5.41) is 1.31. The molecule has 0 fully saturated rings. The van der Waals surface area contributed by atoms with Crippen molar-refractivity contribution in [2.24, 2.45) is 0 Å². The van der Waals surface area contributed by atoms with E-state index < -0.39 is 0 Å². The maximum Gasteiger partial charge on any atom is 0.205 e. The molecule has 36 heavy (non-hydrogen) atoms. The molecule has 1 aliphatic heterocycles. The number of nitrogens with two attached hydrogens (primary N) is 1. The van der Waals surface area contributed by atoms with E-state index in [4.69, 9.17) is 36.5 Å². The van der Waals surface area contributed by atoms with E-state index in [0.29, 0.717) is 44.9 Å². The van der Waals surface area contributed by atoms with Gasteiger partial charge in [0, 0.05) is 58.4 Å². The van der Waals surface area contributed by atoms with Crippen molar-refractivity contribution < 1.29 is 19.0 Å². The normalized spacial score (nSPS) is 13.5. The van der Waals surface area contributed by atoms with E-state index >= 15 is 0 Å². The number of hydrogen-bond donors (Lipinski definition) is 1. The predicted octanol–water partition coefficient (Wildman–Crippen LogP) is 5.44. The Morgan fingerprint density at radius 3 is 2.39 bits per heavy atom. The highest BCUT2D eigenvalue weighted by molar-refractivity contribution is 7.21. The minimum Gasteiger partial charge on any atom is -0.496 e. The van der Waals surface area contributed by atoms with Gasteiger partial charge in [-0.05, 0) is 42.9 Å². The molecule has 2 aromatic carbocycles. The van der Waals surface area contributed by atoms with Gasteiger partial charge >= 0.3 is 0 Å². The molecule has 9 heteroatoms. The summed E-state index contributed by atoms with van der Waals surface area (Å²) in [6.07, 6.45) is 0.794. The van der Waals surface area contributed by atoms with E-state index in [1.54, 1.807) is 45.6 Å². The van der Waals surface area contributed by atoms with Crippen molar-refractivity contribution in [3.05, 3.63) is 63.1 Å². The molecule has 0 aliphatic carbocycles. The second-order valence-electron chi connectivity index (χ2n) is 8.67. The van der Waals surface area contributed by atoms with Crippen molar-refractivity contribution in [3.8, 4) is 28.4 Å². The van der Waals surface area contributed by atoms with Gasteiger partial charge in [0.1, 0.15) is 15.5 Å². The summed E-state index contributed by atoms with van der Waals surface area (Å²) in [6.45, 7) is 1.59.